The maximum atomic E-state index is 12.7. The lowest BCUT2D eigenvalue weighted by Crippen LogP contribution is -2.30. The molecule has 0 amide bonds. The van der Waals surface area contributed by atoms with E-state index in [1.54, 1.807) is 6.92 Å². The predicted molar refractivity (Wildman–Crippen MR) is 104 cm³/mol. The summed E-state index contributed by atoms with van der Waals surface area (Å²) in [7, 11) is 0. The SMILES string of the molecule is CCOC(=O)c1cc(C(=O)c2sc(NC(CC(C)C)C(=O)O)c(C#N)c2N)on1. The van der Waals surface area contributed by atoms with E-state index < -0.39 is 23.8 Å². The minimum absolute atomic E-state index is 0.0238. The van der Waals surface area contributed by atoms with Gasteiger partial charge in [-0.15, -0.1) is 11.3 Å². The van der Waals surface area contributed by atoms with Gasteiger partial charge in [-0.3, -0.25) is 4.79 Å². The van der Waals surface area contributed by atoms with Crippen molar-refractivity contribution >= 4 is 39.7 Å². The van der Waals surface area contributed by atoms with Crippen molar-refractivity contribution in [1.29, 1.82) is 5.26 Å². The van der Waals surface area contributed by atoms with Crippen molar-refractivity contribution in [2.75, 3.05) is 17.7 Å². The summed E-state index contributed by atoms with van der Waals surface area (Å²) in [6.07, 6.45) is 0.312. The van der Waals surface area contributed by atoms with Gasteiger partial charge in [0.05, 0.1) is 12.3 Å². The number of aromatic nitrogens is 1. The summed E-state index contributed by atoms with van der Waals surface area (Å²) >= 11 is 0.839. The van der Waals surface area contributed by atoms with Crippen LogP contribution in [0.15, 0.2) is 10.6 Å². The molecule has 0 radical (unpaired) electrons. The van der Waals surface area contributed by atoms with E-state index in [-0.39, 0.29) is 45.1 Å². The number of rotatable bonds is 9. The lowest BCUT2D eigenvalue weighted by atomic mass is 10.0. The van der Waals surface area contributed by atoms with E-state index in [9.17, 15) is 24.8 Å². The van der Waals surface area contributed by atoms with E-state index in [4.69, 9.17) is 15.0 Å². The van der Waals surface area contributed by atoms with Crippen LogP contribution in [0.25, 0.3) is 0 Å². The van der Waals surface area contributed by atoms with Gasteiger partial charge in [0, 0.05) is 6.07 Å². The van der Waals surface area contributed by atoms with Crippen LogP contribution in [-0.2, 0) is 9.53 Å². The van der Waals surface area contributed by atoms with Crippen LogP contribution in [0.1, 0.15) is 58.7 Å². The van der Waals surface area contributed by atoms with Gasteiger partial charge < -0.3 is 25.4 Å². The van der Waals surface area contributed by atoms with Crippen LogP contribution in [0.4, 0.5) is 10.7 Å². The van der Waals surface area contributed by atoms with Crippen LogP contribution in [0, 0.1) is 17.2 Å². The minimum atomic E-state index is -1.09. The van der Waals surface area contributed by atoms with E-state index in [2.05, 4.69) is 10.5 Å². The molecule has 11 heteroatoms. The molecule has 2 aromatic rings. The molecule has 2 heterocycles. The summed E-state index contributed by atoms with van der Waals surface area (Å²) in [6.45, 7) is 5.49. The molecule has 2 aromatic heterocycles. The van der Waals surface area contributed by atoms with Crippen LogP contribution in [0.3, 0.4) is 0 Å². The number of anilines is 2. The molecule has 0 aromatic carbocycles. The molecule has 0 spiro atoms. The molecule has 2 rings (SSSR count). The van der Waals surface area contributed by atoms with E-state index >= 15 is 0 Å². The second kappa shape index (κ2) is 9.20. The Bertz CT molecular complexity index is 972. The van der Waals surface area contributed by atoms with Gasteiger partial charge in [0.15, 0.2) is 5.69 Å². The molecular weight excluding hydrogens is 400 g/mol. The molecule has 1 unspecified atom stereocenters. The van der Waals surface area contributed by atoms with Gasteiger partial charge in [-0.25, -0.2) is 9.59 Å². The third-order valence-corrected chi connectivity index (χ3v) is 4.93. The predicted octanol–water partition coefficient (Wildman–Crippen LogP) is 2.51. The summed E-state index contributed by atoms with van der Waals surface area (Å²) < 4.78 is 9.70. The highest BCUT2D eigenvalue weighted by Gasteiger charge is 2.28. The van der Waals surface area contributed by atoms with Crippen LogP contribution >= 0.6 is 11.3 Å². The third-order valence-electron chi connectivity index (χ3n) is 3.79. The lowest BCUT2D eigenvalue weighted by molar-refractivity contribution is -0.138. The van der Waals surface area contributed by atoms with Gasteiger partial charge in [-0.2, -0.15) is 5.26 Å². The number of aliphatic carboxylic acids is 1. The number of esters is 1. The first-order chi connectivity index (χ1) is 13.7. The Labute approximate surface area is 170 Å². The molecule has 0 aliphatic carbocycles. The summed E-state index contributed by atoms with van der Waals surface area (Å²) in [5.41, 5.74) is 5.64. The molecule has 4 N–H and O–H groups in total. The van der Waals surface area contributed by atoms with Gasteiger partial charge in [-0.05, 0) is 19.3 Å². The zero-order chi connectivity index (χ0) is 21.7. The second-order valence-electron chi connectivity index (χ2n) is 6.45. The minimum Gasteiger partial charge on any atom is -0.480 e. The molecule has 0 aliphatic heterocycles. The number of nitrogens with two attached hydrogens (primary N) is 1. The van der Waals surface area contributed by atoms with Crippen molar-refractivity contribution in [3.05, 3.63) is 28.0 Å². The summed E-state index contributed by atoms with van der Waals surface area (Å²) in [4.78, 5) is 35.9. The number of nitrogen functional groups attached to an aromatic ring is 1. The Hall–Kier alpha value is -3.39. The number of thiophene rings is 1. The number of ether oxygens (including phenoxy) is 1. The largest absolute Gasteiger partial charge is 0.480 e. The van der Waals surface area contributed by atoms with Crippen molar-refractivity contribution in [2.45, 2.75) is 33.2 Å². The van der Waals surface area contributed by atoms with Crippen molar-refractivity contribution in [2.24, 2.45) is 5.92 Å². The Balaban J connectivity index is 2.35. The number of nitriles is 1. The topological polar surface area (TPSA) is 169 Å². The Morgan fingerprint density at radius 2 is 2.14 bits per heavy atom. The molecular formula is C18H20N4O6S. The zero-order valence-electron chi connectivity index (χ0n) is 16.0. The number of hydrogen-bond acceptors (Lipinski definition) is 10. The molecule has 0 fully saturated rings. The highest BCUT2D eigenvalue weighted by Crippen LogP contribution is 2.37. The number of hydrogen-bond donors (Lipinski definition) is 3. The average Bonchev–Trinajstić information content (AvgIpc) is 3.25. The van der Waals surface area contributed by atoms with E-state index in [1.165, 1.54) is 0 Å². The van der Waals surface area contributed by atoms with Crippen molar-refractivity contribution in [3.63, 3.8) is 0 Å². The van der Waals surface area contributed by atoms with Crippen LogP contribution in [0.5, 0.6) is 0 Å². The number of nitrogens with zero attached hydrogens (tertiary/aromatic N) is 2. The van der Waals surface area contributed by atoms with E-state index in [0.29, 0.717) is 6.42 Å². The standard InChI is InChI=1S/C18H20N4O6S/c1-4-27-18(26)11-6-12(28-22-11)14(23)15-13(20)9(7-19)16(29-15)21-10(17(24)25)5-8(2)3/h6,8,10,21H,4-5,20H2,1-3H3,(H,24,25). The monoisotopic (exact) mass is 420 g/mol. The smallest absolute Gasteiger partial charge is 0.360 e. The van der Waals surface area contributed by atoms with Crippen LogP contribution < -0.4 is 11.1 Å². The average molecular weight is 420 g/mol. The molecule has 1 atom stereocenters. The Morgan fingerprint density at radius 1 is 1.45 bits per heavy atom. The quantitative estimate of drug-likeness (QED) is 0.404. The van der Waals surface area contributed by atoms with E-state index in [0.717, 1.165) is 17.4 Å². The Morgan fingerprint density at radius 3 is 2.69 bits per heavy atom. The molecule has 0 aliphatic rings. The zero-order valence-corrected chi connectivity index (χ0v) is 16.8. The van der Waals surface area contributed by atoms with Crippen LogP contribution in [0.2, 0.25) is 0 Å². The molecule has 29 heavy (non-hydrogen) atoms. The highest BCUT2D eigenvalue weighted by molar-refractivity contribution is 7.19. The number of carboxylic acid groups (broad SMARTS) is 1. The summed E-state index contributed by atoms with van der Waals surface area (Å²) in [5.74, 6) is -2.68. The molecule has 10 nitrogen and oxygen atoms in total. The van der Waals surface area contributed by atoms with Crippen LogP contribution in [-0.4, -0.2) is 40.6 Å². The fraction of sp³-hybridized carbons (Fsp3) is 0.389. The number of nitrogens with one attached hydrogen (secondary N) is 1. The van der Waals surface area contributed by atoms with Gasteiger partial charge >= 0.3 is 11.9 Å². The molecule has 0 saturated heterocycles. The van der Waals surface area contributed by atoms with Gasteiger partial charge in [0.1, 0.15) is 27.6 Å². The third kappa shape index (κ3) is 4.91. The number of ketones is 1. The molecule has 0 saturated carbocycles. The number of carboxylic acids is 1. The number of carbonyl (C=O) groups is 3. The van der Waals surface area contributed by atoms with Gasteiger partial charge in [-0.1, -0.05) is 19.0 Å². The maximum Gasteiger partial charge on any atom is 0.360 e. The van der Waals surface area contributed by atoms with Crippen molar-refractivity contribution in [1.82, 2.24) is 5.16 Å². The summed E-state index contributed by atoms with van der Waals surface area (Å²) in [5, 5.41) is 25.3. The maximum absolute atomic E-state index is 12.7. The first-order valence-corrected chi connectivity index (χ1v) is 9.51. The molecule has 0 bridgehead atoms. The first kappa shape index (κ1) is 21.9. The van der Waals surface area contributed by atoms with E-state index in [1.807, 2.05) is 19.9 Å². The fourth-order valence-corrected chi connectivity index (χ4v) is 3.54. The lowest BCUT2D eigenvalue weighted by Gasteiger charge is -2.16. The second-order valence-corrected chi connectivity index (χ2v) is 7.47. The highest BCUT2D eigenvalue weighted by atomic mass is 32.1. The van der Waals surface area contributed by atoms with Gasteiger partial charge in [0.2, 0.25) is 11.5 Å². The van der Waals surface area contributed by atoms with Crippen molar-refractivity contribution in [3.8, 4) is 6.07 Å². The number of carbonyl (C=O) groups excluding carboxylic acids is 2. The van der Waals surface area contributed by atoms with Crippen molar-refractivity contribution < 1.29 is 28.8 Å². The van der Waals surface area contributed by atoms with Gasteiger partial charge in [0.25, 0.3) is 0 Å². The first-order valence-electron chi connectivity index (χ1n) is 8.69. The normalized spacial score (nSPS) is 11.7. The summed E-state index contributed by atoms with van der Waals surface area (Å²) in [6, 6.07) is 2.05. The fourth-order valence-electron chi connectivity index (χ4n) is 2.47. The molecule has 154 valence electrons. The Kier molecular flexibility index (Phi) is 6.95.